The highest BCUT2D eigenvalue weighted by atomic mass is 79.9. The summed E-state index contributed by atoms with van der Waals surface area (Å²) in [5.41, 5.74) is 0. The van der Waals surface area contributed by atoms with Crippen molar-refractivity contribution in [2.45, 2.75) is 70.0 Å². The van der Waals surface area contributed by atoms with E-state index in [0.29, 0.717) is 10.7 Å². The first-order valence-corrected chi connectivity index (χ1v) is 8.43. The van der Waals surface area contributed by atoms with Crippen molar-refractivity contribution in [2.75, 3.05) is 6.54 Å². The van der Waals surface area contributed by atoms with Gasteiger partial charge in [0.1, 0.15) is 0 Å². The maximum atomic E-state index is 12.1. The molecule has 1 N–H and O–H groups in total. The molecule has 1 fully saturated rings. The molecule has 1 atom stereocenters. The Kier molecular flexibility index (Phi) is 7.96. The van der Waals surface area contributed by atoms with Crippen molar-refractivity contribution in [3.63, 3.8) is 0 Å². The van der Waals surface area contributed by atoms with Gasteiger partial charge in [-0.1, -0.05) is 61.9 Å². The fourth-order valence-corrected chi connectivity index (χ4v) is 3.58. The van der Waals surface area contributed by atoms with Gasteiger partial charge in [-0.05, 0) is 25.2 Å². The van der Waals surface area contributed by atoms with Gasteiger partial charge in [-0.25, -0.2) is 0 Å². The summed E-state index contributed by atoms with van der Waals surface area (Å²) >= 11 is 3.64. The number of hydrogen-bond acceptors (Lipinski definition) is 1. The van der Waals surface area contributed by atoms with Crippen LogP contribution in [0.1, 0.15) is 65.2 Å². The van der Waals surface area contributed by atoms with Crippen LogP contribution in [0.4, 0.5) is 0 Å². The first-order valence-electron chi connectivity index (χ1n) is 7.51. The van der Waals surface area contributed by atoms with Crippen molar-refractivity contribution in [1.82, 2.24) is 5.32 Å². The highest BCUT2D eigenvalue weighted by molar-refractivity contribution is 9.09. The quantitative estimate of drug-likeness (QED) is 0.754. The summed E-state index contributed by atoms with van der Waals surface area (Å²) in [4.78, 5) is 12.5. The highest BCUT2D eigenvalue weighted by Gasteiger charge is 2.19. The lowest BCUT2D eigenvalue weighted by Gasteiger charge is -2.20. The van der Waals surface area contributed by atoms with E-state index in [1.165, 1.54) is 32.1 Å². The molecule has 0 saturated heterocycles. The van der Waals surface area contributed by atoms with Crippen LogP contribution in [0, 0.1) is 11.8 Å². The molecule has 0 heterocycles. The molecule has 1 saturated carbocycles. The predicted octanol–water partition coefficient (Wildman–Crippen LogP) is 4.27. The Bertz CT molecular complexity index is 235. The normalized spacial score (nSPS) is 20.2. The number of carbonyl (C=O) groups excluding carboxylic acids is 1. The second-order valence-corrected chi connectivity index (χ2v) is 7.31. The minimum Gasteiger partial charge on any atom is -0.355 e. The molecule has 2 nitrogen and oxygen atoms in total. The second-order valence-electron chi connectivity index (χ2n) is 6.01. The van der Waals surface area contributed by atoms with E-state index in [-0.39, 0.29) is 11.8 Å². The fraction of sp³-hybridized carbons (Fsp3) is 0.933. The molecule has 1 rings (SSSR count). The molecule has 0 aromatic heterocycles. The number of hydrogen-bond donors (Lipinski definition) is 1. The predicted molar refractivity (Wildman–Crippen MR) is 81.0 cm³/mol. The van der Waals surface area contributed by atoms with E-state index in [1.807, 2.05) is 0 Å². The zero-order valence-corrected chi connectivity index (χ0v) is 13.5. The van der Waals surface area contributed by atoms with Gasteiger partial charge in [-0.3, -0.25) is 4.79 Å². The Hall–Kier alpha value is -0.0500. The molecular weight excluding hydrogens is 290 g/mol. The van der Waals surface area contributed by atoms with Crippen molar-refractivity contribution < 1.29 is 4.79 Å². The van der Waals surface area contributed by atoms with Gasteiger partial charge in [0.05, 0.1) is 0 Å². The average molecular weight is 318 g/mol. The summed E-state index contributed by atoms with van der Waals surface area (Å²) in [5.74, 6) is 1.22. The van der Waals surface area contributed by atoms with Gasteiger partial charge >= 0.3 is 0 Å². The Morgan fingerprint density at radius 3 is 2.28 bits per heavy atom. The summed E-state index contributed by atoms with van der Waals surface area (Å²) in [6.45, 7) is 5.20. The van der Waals surface area contributed by atoms with Crippen LogP contribution in [-0.2, 0) is 4.79 Å². The largest absolute Gasteiger partial charge is 0.355 e. The van der Waals surface area contributed by atoms with Gasteiger partial charge in [-0.15, -0.1) is 0 Å². The Balaban J connectivity index is 2.25. The molecule has 0 bridgehead atoms. The summed E-state index contributed by atoms with van der Waals surface area (Å²) in [5, 5.41) is 3.12. The lowest BCUT2D eigenvalue weighted by atomic mass is 9.90. The third-order valence-corrected chi connectivity index (χ3v) is 4.40. The van der Waals surface area contributed by atoms with Crippen LogP contribution in [0.2, 0.25) is 0 Å². The molecule has 106 valence electrons. The van der Waals surface area contributed by atoms with E-state index < -0.39 is 0 Å². The van der Waals surface area contributed by atoms with Crippen molar-refractivity contribution in [2.24, 2.45) is 11.8 Å². The first kappa shape index (κ1) is 16.0. The van der Waals surface area contributed by atoms with E-state index in [2.05, 4.69) is 35.1 Å². The monoisotopic (exact) mass is 317 g/mol. The SMILES string of the molecule is CC(C)CC(Br)CNC(=O)C1CCCCCCC1. The van der Waals surface area contributed by atoms with Gasteiger partial charge in [0.25, 0.3) is 0 Å². The fourth-order valence-electron chi connectivity index (χ4n) is 2.67. The number of nitrogens with one attached hydrogen (secondary N) is 1. The van der Waals surface area contributed by atoms with E-state index in [0.717, 1.165) is 25.8 Å². The summed E-state index contributed by atoms with van der Waals surface area (Å²) in [6, 6.07) is 0. The zero-order valence-electron chi connectivity index (χ0n) is 11.9. The molecule has 1 amide bonds. The van der Waals surface area contributed by atoms with Crippen LogP contribution in [0.15, 0.2) is 0 Å². The zero-order chi connectivity index (χ0) is 13.4. The van der Waals surface area contributed by atoms with Gasteiger partial charge in [-0.2, -0.15) is 0 Å². The molecule has 0 radical (unpaired) electrons. The van der Waals surface area contributed by atoms with E-state index in [9.17, 15) is 4.79 Å². The maximum absolute atomic E-state index is 12.1. The molecule has 1 aliphatic carbocycles. The van der Waals surface area contributed by atoms with Gasteiger partial charge in [0.2, 0.25) is 5.91 Å². The Morgan fingerprint density at radius 1 is 1.17 bits per heavy atom. The number of amides is 1. The van der Waals surface area contributed by atoms with Crippen LogP contribution < -0.4 is 5.32 Å². The minimum absolute atomic E-state index is 0.268. The minimum atomic E-state index is 0.268. The molecule has 0 aromatic carbocycles. The summed E-state index contributed by atoms with van der Waals surface area (Å²) in [7, 11) is 0. The second kappa shape index (κ2) is 8.95. The smallest absolute Gasteiger partial charge is 0.223 e. The summed E-state index contributed by atoms with van der Waals surface area (Å²) < 4.78 is 0. The van der Waals surface area contributed by atoms with E-state index in [1.54, 1.807) is 0 Å². The van der Waals surface area contributed by atoms with Crippen molar-refractivity contribution in [3.05, 3.63) is 0 Å². The lowest BCUT2D eigenvalue weighted by Crippen LogP contribution is -2.35. The molecule has 18 heavy (non-hydrogen) atoms. The lowest BCUT2D eigenvalue weighted by molar-refractivity contribution is -0.125. The van der Waals surface area contributed by atoms with E-state index >= 15 is 0 Å². The number of carbonyl (C=O) groups is 1. The van der Waals surface area contributed by atoms with Crippen molar-refractivity contribution in [3.8, 4) is 0 Å². The number of halogens is 1. The summed E-state index contributed by atoms with van der Waals surface area (Å²) in [6.07, 6.45) is 9.70. The van der Waals surface area contributed by atoms with Crippen LogP contribution in [-0.4, -0.2) is 17.3 Å². The third kappa shape index (κ3) is 6.77. The number of alkyl halides is 1. The Labute approximate surface area is 120 Å². The average Bonchev–Trinajstić information content (AvgIpc) is 2.24. The van der Waals surface area contributed by atoms with Gasteiger partial charge in [0.15, 0.2) is 0 Å². The maximum Gasteiger partial charge on any atom is 0.223 e. The molecule has 0 aromatic rings. The topological polar surface area (TPSA) is 29.1 Å². The molecule has 1 aliphatic rings. The highest BCUT2D eigenvalue weighted by Crippen LogP contribution is 2.22. The van der Waals surface area contributed by atoms with Crippen molar-refractivity contribution >= 4 is 21.8 Å². The van der Waals surface area contributed by atoms with Crippen LogP contribution >= 0.6 is 15.9 Å². The number of rotatable bonds is 5. The third-order valence-electron chi connectivity index (χ3n) is 3.70. The molecular formula is C15H28BrNO. The van der Waals surface area contributed by atoms with Gasteiger partial charge in [0, 0.05) is 17.3 Å². The van der Waals surface area contributed by atoms with E-state index in [4.69, 9.17) is 0 Å². The van der Waals surface area contributed by atoms with Crippen molar-refractivity contribution in [1.29, 1.82) is 0 Å². The molecule has 3 heteroatoms. The van der Waals surface area contributed by atoms with Crippen LogP contribution in [0.3, 0.4) is 0 Å². The van der Waals surface area contributed by atoms with Crippen LogP contribution in [0.5, 0.6) is 0 Å². The van der Waals surface area contributed by atoms with Gasteiger partial charge < -0.3 is 5.32 Å². The van der Waals surface area contributed by atoms with Crippen LogP contribution in [0.25, 0.3) is 0 Å². The molecule has 0 aliphatic heterocycles. The first-order chi connectivity index (χ1) is 8.59. The standard InChI is InChI=1S/C15H28BrNO/c1-12(2)10-14(16)11-17-15(18)13-8-6-4-3-5-7-9-13/h12-14H,3-11H2,1-2H3,(H,17,18). The molecule has 0 spiro atoms. The molecule has 1 unspecified atom stereocenters. The Morgan fingerprint density at radius 2 is 1.72 bits per heavy atom.